The molecule has 3 aromatic rings. The van der Waals surface area contributed by atoms with E-state index in [9.17, 15) is 9.90 Å². The van der Waals surface area contributed by atoms with Crippen LogP contribution in [0, 0.1) is 6.92 Å². The summed E-state index contributed by atoms with van der Waals surface area (Å²) in [5.74, 6) is -0.287. The lowest BCUT2D eigenvalue weighted by molar-refractivity contribution is 0.0698. The molecule has 0 fully saturated rings. The first kappa shape index (κ1) is 15.0. The molecule has 23 heavy (non-hydrogen) atoms. The Morgan fingerprint density at radius 2 is 2.17 bits per heavy atom. The minimum atomic E-state index is -0.949. The van der Waals surface area contributed by atoms with Gasteiger partial charge >= 0.3 is 5.97 Å². The van der Waals surface area contributed by atoms with Crippen LogP contribution < -0.4 is 4.74 Å². The fourth-order valence-electron chi connectivity index (χ4n) is 2.93. The molecule has 0 bridgehead atoms. The third-order valence-corrected chi connectivity index (χ3v) is 4.06. The van der Waals surface area contributed by atoms with Crippen LogP contribution in [0.2, 0.25) is 0 Å². The second kappa shape index (κ2) is 5.72. The van der Waals surface area contributed by atoms with E-state index in [2.05, 4.69) is 9.97 Å². The van der Waals surface area contributed by atoms with Crippen molar-refractivity contribution in [2.45, 2.75) is 19.9 Å². The summed E-state index contributed by atoms with van der Waals surface area (Å²) < 4.78 is 7.15. The van der Waals surface area contributed by atoms with Gasteiger partial charge in [-0.1, -0.05) is 0 Å². The molecule has 0 aliphatic rings. The van der Waals surface area contributed by atoms with E-state index in [-0.39, 0.29) is 11.6 Å². The van der Waals surface area contributed by atoms with Gasteiger partial charge in [-0.15, -0.1) is 0 Å². The van der Waals surface area contributed by atoms with Crippen LogP contribution in [0.25, 0.3) is 11.0 Å². The zero-order valence-electron chi connectivity index (χ0n) is 13.1. The van der Waals surface area contributed by atoms with E-state index in [1.165, 1.54) is 0 Å². The lowest BCUT2D eigenvalue weighted by Crippen LogP contribution is -2.10. The Hall–Kier alpha value is -2.89. The van der Waals surface area contributed by atoms with Gasteiger partial charge in [0.05, 0.1) is 24.9 Å². The van der Waals surface area contributed by atoms with E-state index in [0.29, 0.717) is 22.5 Å². The van der Waals surface area contributed by atoms with Gasteiger partial charge < -0.3 is 14.4 Å². The van der Waals surface area contributed by atoms with Gasteiger partial charge in [-0.2, -0.15) is 0 Å². The van der Waals surface area contributed by atoms with Gasteiger partial charge in [-0.05, 0) is 37.6 Å². The maximum atomic E-state index is 11.6. The number of ether oxygens (including phenoxy) is 1. The van der Waals surface area contributed by atoms with Crippen molar-refractivity contribution >= 4 is 17.0 Å². The molecule has 0 spiro atoms. The third-order valence-electron chi connectivity index (χ3n) is 4.06. The number of pyridine rings is 2. The van der Waals surface area contributed by atoms with Crippen molar-refractivity contribution in [1.82, 2.24) is 14.5 Å². The number of aromatic carboxylic acids is 1. The van der Waals surface area contributed by atoms with Crippen LogP contribution in [0.15, 0.2) is 36.8 Å². The molecule has 1 N–H and O–H groups in total. The van der Waals surface area contributed by atoms with Crippen molar-refractivity contribution in [2.75, 3.05) is 7.11 Å². The van der Waals surface area contributed by atoms with E-state index >= 15 is 0 Å². The smallest absolute Gasteiger partial charge is 0.338 e. The second-order valence-corrected chi connectivity index (χ2v) is 5.34. The number of aromatic nitrogens is 3. The van der Waals surface area contributed by atoms with Gasteiger partial charge in [-0.25, -0.2) is 9.78 Å². The van der Waals surface area contributed by atoms with Crippen molar-refractivity contribution < 1.29 is 14.6 Å². The van der Waals surface area contributed by atoms with Crippen LogP contribution in [0.5, 0.6) is 5.75 Å². The van der Waals surface area contributed by atoms with Crippen molar-refractivity contribution in [3.63, 3.8) is 0 Å². The highest BCUT2D eigenvalue weighted by Crippen LogP contribution is 2.31. The highest BCUT2D eigenvalue weighted by molar-refractivity contribution is 6.04. The van der Waals surface area contributed by atoms with Crippen molar-refractivity contribution in [2.24, 2.45) is 0 Å². The molecule has 0 saturated heterocycles. The minimum Gasteiger partial charge on any atom is -0.495 e. The Morgan fingerprint density at radius 1 is 1.39 bits per heavy atom. The predicted octanol–water partition coefficient (Wildman–Crippen LogP) is 3.06. The molecule has 0 aliphatic carbocycles. The molecule has 6 heteroatoms. The molecule has 0 amide bonds. The summed E-state index contributed by atoms with van der Waals surface area (Å²) in [5, 5.41) is 10.2. The number of hydrogen-bond donors (Lipinski definition) is 1. The summed E-state index contributed by atoms with van der Waals surface area (Å²) in [6, 6.07) is 5.30. The summed E-state index contributed by atoms with van der Waals surface area (Å²) >= 11 is 0. The molecule has 3 heterocycles. The van der Waals surface area contributed by atoms with Gasteiger partial charge in [0.25, 0.3) is 0 Å². The fraction of sp³-hybridized carbons (Fsp3) is 0.235. The molecule has 1 unspecified atom stereocenters. The van der Waals surface area contributed by atoms with E-state index < -0.39 is 5.97 Å². The van der Waals surface area contributed by atoms with Gasteiger partial charge in [0.1, 0.15) is 11.4 Å². The average molecular weight is 311 g/mol. The van der Waals surface area contributed by atoms with Crippen LogP contribution in [-0.2, 0) is 0 Å². The average Bonchev–Trinajstić information content (AvgIpc) is 2.86. The third kappa shape index (κ3) is 2.42. The quantitative estimate of drug-likeness (QED) is 0.801. The van der Waals surface area contributed by atoms with Crippen molar-refractivity contribution in [3.8, 4) is 5.75 Å². The molecule has 6 nitrogen and oxygen atoms in total. The SMILES string of the molecule is COc1cncc(C(C)n2c(C)c(C(=O)O)c3cccnc32)c1. The number of nitrogens with zero attached hydrogens (tertiary/aromatic N) is 3. The highest BCUT2D eigenvalue weighted by Gasteiger charge is 2.23. The first-order valence-electron chi connectivity index (χ1n) is 7.22. The fourth-order valence-corrected chi connectivity index (χ4v) is 2.93. The zero-order valence-corrected chi connectivity index (χ0v) is 13.1. The molecular formula is C17H17N3O3. The Balaban J connectivity index is 2.23. The van der Waals surface area contributed by atoms with E-state index in [0.717, 1.165) is 5.56 Å². The van der Waals surface area contributed by atoms with Crippen LogP contribution in [0.3, 0.4) is 0 Å². The standard InChI is InChI=1S/C17H17N3O3/c1-10(12-7-13(23-3)9-18-8-12)20-11(2)15(17(21)22)14-5-4-6-19-16(14)20/h4-10H,1-3H3,(H,21,22). The topological polar surface area (TPSA) is 77.2 Å². The summed E-state index contributed by atoms with van der Waals surface area (Å²) in [7, 11) is 1.59. The zero-order chi connectivity index (χ0) is 16.6. The summed E-state index contributed by atoms with van der Waals surface area (Å²) in [4.78, 5) is 20.2. The normalized spacial score (nSPS) is 12.3. The Labute approximate surface area is 133 Å². The number of methoxy groups -OCH3 is 1. The van der Waals surface area contributed by atoms with Gasteiger partial charge in [0.15, 0.2) is 0 Å². The lowest BCUT2D eigenvalue weighted by Gasteiger charge is -2.17. The number of carbonyl (C=O) groups is 1. The Bertz CT molecular complexity index is 886. The maximum Gasteiger partial charge on any atom is 0.338 e. The van der Waals surface area contributed by atoms with Crippen molar-refractivity contribution in [1.29, 1.82) is 0 Å². The van der Waals surface area contributed by atoms with E-state index in [4.69, 9.17) is 4.74 Å². The molecule has 3 aromatic heterocycles. The summed E-state index contributed by atoms with van der Waals surface area (Å²) in [5.41, 5.74) is 2.53. The van der Waals surface area contributed by atoms with Gasteiger partial charge in [0, 0.05) is 23.5 Å². The second-order valence-electron chi connectivity index (χ2n) is 5.34. The molecular weight excluding hydrogens is 294 g/mol. The minimum absolute atomic E-state index is 0.122. The van der Waals surface area contributed by atoms with Crippen LogP contribution >= 0.6 is 0 Å². The number of hydrogen-bond acceptors (Lipinski definition) is 4. The van der Waals surface area contributed by atoms with Crippen LogP contribution in [0.1, 0.15) is 34.6 Å². The van der Waals surface area contributed by atoms with E-state index in [1.54, 1.807) is 44.8 Å². The molecule has 118 valence electrons. The van der Waals surface area contributed by atoms with E-state index in [1.807, 2.05) is 17.6 Å². The van der Waals surface area contributed by atoms with Crippen molar-refractivity contribution in [3.05, 3.63) is 53.6 Å². The molecule has 1 atom stereocenters. The number of carboxylic acids is 1. The number of rotatable bonds is 4. The number of fused-ring (bicyclic) bond motifs is 1. The lowest BCUT2D eigenvalue weighted by atomic mass is 10.1. The molecule has 0 saturated carbocycles. The largest absolute Gasteiger partial charge is 0.495 e. The number of carboxylic acid groups (broad SMARTS) is 1. The summed E-state index contributed by atoms with van der Waals surface area (Å²) in [6.07, 6.45) is 5.06. The first-order chi connectivity index (χ1) is 11.0. The molecule has 0 aromatic carbocycles. The van der Waals surface area contributed by atoms with Gasteiger partial charge in [0.2, 0.25) is 0 Å². The van der Waals surface area contributed by atoms with Crippen LogP contribution in [-0.4, -0.2) is 32.7 Å². The molecule has 0 radical (unpaired) electrons. The van der Waals surface area contributed by atoms with Crippen LogP contribution in [0.4, 0.5) is 0 Å². The predicted molar refractivity (Wildman–Crippen MR) is 86.0 cm³/mol. The summed E-state index contributed by atoms with van der Waals surface area (Å²) in [6.45, 7) is 3.79. The molecule has 0 aliphatic heterocycles. The Kier molecular flexibility index (Phi) is 3.73. The van der Waals surface area contributed by atoms with Gasteiger partial charge in [-0.3, -0.25) is 4.98 Å². The first-order valence-corrected chi connectivity index (χ1v) is 7.22. The molecule has 3 rings (SSSR count). The maximum absolute atomic E-state index is 11.6. The Morgan fingerprint density at radius 3 is 2.87 bits per heavy atom. The monoisotopic (exact) mass is 311 g/mol. The highest BCUT2D eigenvalue weighted by atomic mass is 16.5.